The molecule has 130 valence electrons. The third-order valence-electron chi connectivity index (χ3n) is 4.03. The van der Waals surface area contributed by atoms with Crippen molar-refractivity contribution in [3.8, 4) is 0 Å². The third-order valence-corrected chi connectivity index (χ3v) is 5.04. The summed E-state index contributed by atoms with van der Waals surface area (Å²) >= 11 is 1.65. The molecule has 5 heteroatoms. The first-order valence-electron chi connectivity index (χ1n) is 8.53. The number of benzene rings is 2. The summed E-state index contributed by atoms with van der Waals surface area (Å²) < 4.78 is 3.48. The number of nitrogens with one attached hydrogen (secondary N) is 2. The van der Waals surface area contributed by atoms with Gasteiger partial charge in [-0.25, -0.2) is 4.98 Å². The minimum atomic E-state index is 0.374. The van der Waals surface area contributed by atoms with Gasteiger partial charge in [0.2, 0.25) is 0 Å². The molecule has 0 fully saturated rings. The number of nitrogen functional groups attached to an aromatic ring is 1. The number of pyridine rings is 1. The maximum absolute atomic E-state index is 5.90. The van der Waals surface area contributed by atoms with Gasteiger partial charge in [0.05, 0.1) is 0 Å². The second kappa shape index (κ2) is 8.85. The van der Waals surface area contributed by atoms with Crippen LogP contribution in [-0.2, 0) is 6.42 Å². The Kier molecular flexibility index (Phi) is 6.28. The molecule has 4 nitrogen and oxygen atoms in total. The van der Waals surface area contributed by atoms with Gasteiger partial charge in [0.1, 0.15) is 5.82 Å². The summed E-state index contributed by atoms with van der Waals surface area (Å²) in [6.07, 6.45) is 2.81. The number of rotatable bonds is 8. The number of nitrogens with two attached hydrogens (primary N) is 1. The fraction of sp³-hybridized carbons (Fsp3) is 0.250. The maximum atomic E-state index is 5.90. The lowest BCUT2D eigenvalue weighted by molar-refractivity contribution is 0.586. The first-order chi connectivity index (χ1) is 12.2. The summed E-state index contributed by atoms with van der Waals surface area (Å²) in [5, 5.41) is 5.63. The number of anilines is 1. The summed E-state index contributed by atoms with van der Waals surface area (Å²) in [4.78, 5) is 5.30. The fourth-order valence-corrected chi connectivity index (χ4v) is 3.39. The highest BCUT2D eigenvalue weighted by Gasteiger charge is 2.04. The minimum Gasteiger partial charge on any atom is -0.383 e. The molecule has 0 aliphatic rings. The SMILES string of the molecule is C[C@H](CNCCc1ccccc1)NSc1ccc2c(N)nccc2c1. The van der Waals surface area contributed by atoms with Crippen molar-refractivity contribution >= 4 is 28.5 Å². The topological polar surface area (TPSA) is 63.0 Å². The van der Waals surface area contributed by atoms with E-state index in [1.54, 1.807) is 18.1 Å². The van der Waals surface area contributed by atoms with Crippen molar-refractivity contribution in [2.75, 3.05) is 18.8 Å². The van der Waals surface area contributed by atoms with Gasteiger partial charge < -0.3 is 11.1 Å². The van der Waals surface area contributed by atoms with E-state index in [0.717, 1.165) is 30.3 Å². The first-order valence-corrected chi connectivity index (χ1v) is 9.35. The molecule has 0 radical (unpaired) electrons. The van der Waals surface area contributed by atoms with E-state index < -0.39 is 0 Å². The van der Waals surface area contributed by atoms with Gasteiger partial charge in [-0.15, -0.1) is 0 Å². The van der Waals surface area contributed by atoms with E-state index in [1.165, 1.54) is 10.5 Å². The molecule has 0 saturated heterocycles. The first kappa shape index (κ1) is 17.7. The number of hydrogen-bond acceptors (Lipinski definition) is 5. The number of hydrogen-bond donors (Lipinski definition) is 3. The average molecular weight is 353 g/mol. The Labute approximate surface area is 153 Å². The lowest BCUT2D eigenvalue weighted by Gasteiger charge is -2.14. The van der Waals surface area contributed by atoms with Gasteiger partial charge in [-0.3, -0.25) is 4.72 Å². The van der Waals surface area contributed by atoms with Crippen molar-refractivity contribution in [3.63, 3.8) is 0 Å². The highest BCUT2D eigenvalue weighted by molar-refractivity contribution is 7.97. The van der Waals surface area contributed by atoms with Gasteiger partial charge in [-0.2, -0.15) is 0 Å². The van der Waals surface area contributed by atoms with Crippen molar-refractivity contribution in [1.29, 1.82) is 0 Å². The lowest BCUT2D eigenvalue weighted by Crippen LogP contribution is -2.33. The molecule has 1 atom stereocenters. The van der Waals surface area contributed by atoms with Crippen LogP contribution in [0.1, 0.15) is 12.5 Å². The van der Waals surface area contributed by atoms with Gasteiger partial charge in [-0.05, 0) is 67.1 Å². The molecule has 0 aliphatic carbocycles. The van der Waals surface area contributed by atoms with Crippen LogP contribution in [0.15, 0.2) is 65.7 Å². The molecule has 0 aliphatic heterocycles. The molecule has 1 aromatic heterocycles. The van der Waals surface area contributed by atoms with Crippen LogP contribution in [0.4, 0.5) is 5.82 Å². The monoisotopic (exact) mass is 352 g/mol. The zero-order chi connectivity index (χ0) is 17.5. The van der Waals surface area contributed by atoms with Crippen molar-refractivity contribution < 1.29 is 0 Å². The predicted molar refractivity (Wildman–Crippen MR) is 108 cm³/mol. The number of fused-ring (bicyclic) bond motifs is 1. The summed E-state index contributed by atoms with van der Waals surface area (Å²) in [6, 6.07) is 19.2. The summed E-state index contributed by atoms with van der Waals surface area (Å²) in [6.45, 7) is 4.11. The Morgan fingerprint density at radius 3 is 2.80 bits per heavy atom. The Bertz CT molecular complexity index is 807. The molecular formula is C20H24N4S. The van der Waals surface area contributed by atoms with E-state index in [0.29, 0.717) is 11.9 Å². The van der Waals surface area contributed by atoms with E-state index in [-0.39, 0.29) is 0 Å². The molecule has 1 heterocycles. The van der Waals surface area contributed by atoms with E-state index in [1.807, 2.05) is 12.1 Å². The zero-order valence-corrected chi connectivity index (χ0v) is 15.2. The van der Waals surface area contributed by atoms with E-state index in [4.69, 9.17) is 5.73 Å². The van der Waals surface area contributed by atoms with E-state index in [9.17, 15) is 0 Å². The van der Waals surface area contributed by atoms with Crippen molar-refractivity contribution in [3.05, 3.63) is 66.4 Å². The van der Waals surface area contributed by atoms with Gasteiger partial charge >= 0.3 is 0 Å². The van der Waals surface area contributed by atoms with E-state index >= 15 is 0 Å². The standard InChI is InChI=1S/C20H24N4S/c1-15(14-22-11-9-16-5-3-2-4-6-16)24-25-18-7-8-19-17(13-18)10-12-23-20(19)21/h2-8,10,12-13,15,22,24H,9,11,14H2,1H3,(H2,21,23)/t15-/m1/s1. The van der Waals surface area contributed by atoms with Crippen LogP contribution < -0.4 is 15.8 Å². The molecule has 0 amide bonds. The Morgan fingerprint density at radius 1 is 1.12 bits per heavy atom. The molecule has 25 heavy (non-hydrogen) atoms. The molecule has 0 bridgehead atoms. The number of nitrogens with zero attached hydrogens (tertiary/aromatic N) is 1. The molecule has 3 rings (SSSR count). The van der Waals surface area contributed by atoms with Crippen molar-refractivity contribution in [1.82, 2.24) is 15.0 Å². The second-order valence-corrected chi connectivity index (χ2v) is 7.05. The summed E-state index contributed by atoms with van der Waals surface area (Å²) in [7, 11) is 0. The molecule has 2 aromatic carbocycles. The normalized spacial score (nSPS) is 12.4. The molecule has 0 spiro atoms. The van der Waals surface area contributed by atoms with Crippen LogP contribution in [0.3, 0.4) is 0 Å². The lowest BCUT2D eigenvalue weighted by atomic mass is 10.1. The van der Waals surface area contributed by atoms with E-state index in [2.05, 4.69) is 64.4 Å². The van der Waals surface area contributed by atoms with Crippen LogP contribution in [0.25, 0.3) is 10.8 Å². The van der Waals surface area contributed by atoms with Crippen LogP contribution in [-0.4, -0.2) is 24.1 Å². The zero-order valence-electron chi connectivity index (χ0n) is 14.4. The van der Waals surface area contributed by atoms with Gasteiger partial charge in [0.15, 0.2) is 0 Å². The molecule has 0 unspecified atom stereocenters. The Hall–Kier alpha value is -2.08. The van der Waals surface area contributed by atoms with Crippen LogP contribution >= 0.6 is 11.9 Å². The highest BCUT2D eigenvalue weighted by atomic mass is 32.2. The molecule has 0 saturated carbocycles. The minimum absolute atomic E-state index is 0.374. The highest BCUT2D eigenvalue weighted by Crippen LogP contribution is 2.24. The van der Waals surface area contributed by atoms with Gasteiger partial charge in [-0.1, -0.05) is 30.3 Å². The largest absolute Gasteiger partial charge is 0.383 e. The van der Waals surface area contributed by atoms with Crippen LogP contribution in [0.2, 0.25) is 0 Å². The fourth-order valence-electron chi connectivity index (χ4n) is 2.65. The second-order valence-electron chi connectivity index (χ2n) is 6.14. The van der Waals surface area contributed by atoms with Crippen molar-refractivity contribution in [2.45, 2.75) is 24.3 Å². The average Bonchev–Trinajstić information content (AvgIpc) is 2.64. The van der Waals surface area contributed by atoms with Crippen molar-refractivity contribution in [2.24, 2.45) is 0 Å². The quantitative estimate of drug-likeness (QED) is 0.427. The predicted octanol–water partition coefficient (Wildman–Crippen LogP) is 3.63. The smallest absolute Gasteiger partial charge is 0.131 e. The van der Waals surface area contributed by atoms with Crippen LogP contribution in [0, 0.1) is 0 Å². The Morgan fingerprint density at radius 2 is 1.96 bits per heavy atom. The third kappa shape index (κ3) is 5.19. The summed E-state index contributed by atoms with van der Waals surface area (Å²) in [5.74, 6) is 0.581. The van der Waals surface area contributed by atoms with Gasteiger partial charge in [0, 0.05) is 29.1 Å². The molecule has 3 aromatic rings. The molecule has 4 N–H and O–H groups in total. The van der Waals surface area contributed by atoms with Crippen LogP contribution in [0.5, 0.6) is 0 Å². The maximum Gasteiger partial charge on any atom is 0.131 e. The Balaban J connectivity index is 1.42. The molecular weight excluding hydrogens is 328 g/mol. The van der Waals surface area contributed by atoms with Gasteiger partial charge in [0.25, 0.3) is 0 Å². The summed E-state index contributed by atoms with van der Waals surface area (Å²) in [5.41, 5.74) is 7.27. The number of aromatic nitrogens is 1.